The van der Waals surface area contributed by atoms with Crippen molar-refractivity contribution < 1.29 is 9.53 Å². The molecule has 0 bridgehead atoms. The minimum atomic E-state index is -0.163. The number of rotatable bonds is 6. The van der Waals surface area contributed by atoms with Crippen LogP contribution in [0.5, 0.6) is 5.75 Å². The summed E-state index contributed by atoms with van der Waals surface area (Å²) in [4.78, 5) is 17.5. The molecule has 1 aliphatic rings. The number of carbonyl (C=O) groups excluding carboxylic acids is 1. The fraction of sp³-hybridized carbons (Fsp3) is 0.381. The van der Waals surface area contributed by atoms with Crippen LogP contribution >= 0.6 is 15.9 Å². The van der Waals surface area contributed by atoms with E-state index in [2.05, 4.69) is 50.1 Å². The first kappa shape index (κ1) is 19.9. The molecular weight excluding hydrogens is 406 g/mol. The molecular formula is C21H26BrN3O2. The summed E-state index contributed by atoms with van der Waals surface area (Å²) in [5.41, 5.74) is 2.60. The average molecular weight is 432 g/mol. The predicted molar refractivity (Wildman–Crippen MR) is 112 cm³/mol. The van der Waals surface area contributed by atoms with Crippen LogP contribution in [0.25, 0.3) is 0 Å². The molecule has 0 spiro atoms. The van der Waals surface area contributed by atoms with Crippen molar-refractivity contribution in [1.82, 2.24) is 9.80 Å². The summed E-state index contributed by atoms with van der Waals surface area (Å²) in [6.45, 7) is 8.79. The SMILES string of the molecule is CCN1CCN(Cc2ccc(NC(=O)c3cc(OC)ccc3Br)cc2)CC1. The third-order valence-electron chi connectivity index (χ3n) is 4.95. The monoisotopic (exact) mass is 431 g/mol. The van der Waals surface area contributed by atoms with E-state index in [1.807, 2.05) is 24.3 Å². The number of nitrogens with zero attached hydrogens (tertiary/aromatic N) is 2. The highest BCUT2D eigenvalue weighted by Crippen LogP contribution is 2.23. The summed E-state index contributed by atoms with van der Waals surface area (Å²) < 4.78 is 5.94. The Bertz CT molecular complexity index is 771. The molecule has 2 aromatic rings. The van der Waals surface area contributed by atoms with Gasteiger partial charge in [-0.05, 0) is 58.4 Å². The second-order valence-electron chi connectivity index (χ2n) is 6.71. The second-order valence-corrected chi connectivity index (χ2v) is 7.56. The summed E-state index contributed by atoms with van der Waals surface area (Å²) in [7, 11) is 1.59. The van der Waals surface area contributed by atoms with E-state index in [0.717, 1.165) is 49.4 Å². The number of halogens is 1. The van der Waals surface area contributed by atoms with Gasteiger partial charge in [0.1, 0.15) is 5.75 Å². The number of hydrogen-bond donors (Lipinski definition) is 1. The maximum atomic E-state index is 12.6. The lowest BCUT2D eigenvalue weighted by Gasteiger charge is -2.34. The number of benzene rings is 2. The molecule has 0 radical (unpaired) electrons. The van der Waals surface area contributed by atoms with E-state index >= 15 is 0 Å². The van der Waals surface area contributed by atoms with Crippen LogP contribution in [0.4, 0.5) is 5.69 Å². The van der Waals surface area contributed by atoms with Crippen LogP contribution in [0.3, 0.4) is 0 Å². The number of piperazine rings is 1. The molecule has 27 heavy (non-hydrogen) atoms. The Morgan fingerprint density at radius 1 is 1.07 bits per heavy atom. The van der Waals surface area contributed by atoms with Crippen molar-refractivity contribution in [2.45, 2.75) is 13.5 Å². The van der Waals surface area contributed by atoms with Gasteiger partial charge >= 0.3 is 0 Å². The molecule has 0 atom stereocenters. The van der Waals surface area contributed by atoms with Gasteiger partial charge in [-0.3, -0.25) is 9.69 Å². The number of methoxy groups -OCH3 is 1. The first-order valence-electron chi connectivity index (χ1n) is 9.27. The van der Waals surface area contributed by atoms with Crippen LogP contribution in [0.1, 0.15) is 22.8 Å². The lowest BCUT2D eigenvalue weighted by Crippen LogP contribution is -2.45. The molecule has 2 aromatic carbocycles. The topological polar surface area (TPSA) is 44.8 Å². The van der Waals surface area contributed by atoms with Gasteiger partial charge in [-0.1, -0.05) is 19.1 Å². The zero-order valence-electron chi connectivity index (χ0n) is 15.9. The highest BCUT2D eigenvalue weighted by molar-refractivity contribution is 9.10. The van der Waals surface area contributed by atoms with Crippen LogP contribution in [0.2, 0.25) is 0 Å². The zero-order chi connectivity index (χ0) is 19.2. The van der Waals surface area contributed by atoms with E-state index in [1.165, 1.54) is 5.56 Å². The summed E-state index contributed by atoms with van der Waals surface area (Å²) in [5, 5.41) is 2.95. The van der Waals surface area contributed by atoms with Gasteiger partial charge < -0.3 is 15.0 Å². The van der Waals surface area contributed by atoms with Gasteiger partial charge in [-0.15, -0.1) is 0 Å². The van der Waals surface area contributed by atoms with Crippen molar-refractivity contribution in [1.29, 1.82) is 0 Å². The molecule has 0 aliphatic carbocycles. The van der Waals surface area contributed by atoms with Gasteiger partial charge in [0, 0.05) is 42.9 Å². The van der Waals surface area contributed by atoms with Gasteiger partial charge in [-0.25, -0.2) is 0 Å². The fourth-order valence-corrected chi connectivity index (χ4v) is 3.65. The first-order valence-corrected chi connectivity index (χ1v) is 10.1. The van der Waals surface area contributed by atoms with Gasteiger partial charge in [0.15, 0.2) is 0 Å². The number of nitrogens with one attached hydrogen (secondary N) is 1. The lowest BCUT2D eigenvalue weighted by molar-refractivity contribution is 0.102. The van der Waals surface area contributed by atoms with Crippen LogP contribution in [-0.2, 0) is 6.54 Å². The van der Waals surface area contributed by atoms with E-state index in [-0.39, 0.29) is 5.91 Å². The molecule has 0 saturated carbocycles. The molecule has 6 heteroatoms. The molecule has 1 fully saturated rings. The van der Waals surface area contributed by atoms with Crippen molar-refractivity contribution in [3.63, 3.8) is 0 Å². The van der Waals surface area contributed by atoms with E-state index in [0.29, 0.717) is 11.3 Å². The van der Waals surface area contributed by atoms with E-state index in [1.54, 1.807) is 13.2 Å². The first-order chi connectivity index (χ1) is 13.1. The largest absolute Gasteiger partial charge is 0.497 e. The number of likely N-dealkylation sites (N-methyl/N-ethyl adjacent to an activating group) is 1. The van der Waals surface area contributed by atoms with Crippen molar-refractivity contribution >= 4 is 27.5 Å². The molecule has 1 amide bonds. The number of anilines is 1. The fourth-order valence-electron chi connectivity index (χ4n) is 3.22. The molecule has 1 heterocycles. The smallest absolute Gasteiger partial charge is 0.256 e. The van der Waals surface area contributed by atoms with E-state index in [4.69, 9.17) is 4.74 Å². The molecule has 3 rings (SSSR count). The summed E-state index contributed by atoms with van der Waals surface area (Å²) >= 11 is 3.42. The van der Waals surface area contributed by atoms with Crippen molar-refractivity contribution in [3.8, 4) is 5.75 Å². The standard InChI is InChI=1S/C21H26BrN3O2/c1-3-24-10-12-25(13-11-24)15-16-4-6-17(7-5-16)23-21(26)19-14-18(27-2)8-9-20(19)22/h4-9,14H,3,10-13,15H2,1-2H3,(H,23,26). The Morgan fingerprint density at radius 3 is 2.37 bits per heavy atom. The third kappa shape index (κ3) is 5.31. The molecule has 144 valence electrons. The quantitative estimate of drug-likeness (QED) is 0.754. The van der Waals surface area contributed by atoms with Crippen LogP contribution in [0.15, 0.2) is 46.9 Å². The van der Waals surface area contributed by atoms with Crippen LogP contribution in [-0.4, -0.2) is 55.5 Å². The molecule has 0 aromatic heterocycles. The average Bonchev–Trinajstić information content (AvgIpc) is 2.70. The second kappa shape index (κ2) is 9.35. The van der Waals surface area contributed by atoms with E-state index < -0.39 is 0 Å². The van der Waals surface area contributed by atoms with Crippen LogP contribution in [0, 0.1) is 0 Å². The Morgan fingerprint density at radius 2 is 1.74 bits per heavy atom. The maximum absolute atomic E-state index is 12.6. The van der Waals surface area contributed by atoms with Crippen LogP contribution < -0.4 is 10.1 Å². The summed E-state index contributed by atoms with van der Waals surface area (Å²) in [6, 6.07) is 13.5. The predicted octanol–water partition coefficient (Wildman–Crippen LogP) is 3.85. The normalized spacial score (nSPS) is 15.5. The van der Waals surface area contributed by atoms with Gasteiger partial charge in [0.25, 0.3) is 5.91 Å². The lowest BCUT2D eigenvalue weighted by atomic mass is 10.1. The highest BCUT2D eigenvalue weighted by Gasteiger charge is 2.16. The third-order valence-corrected chi connectivity index (χ3v) is 5.64. The Kier molecular flexibility index (Phi) is 6.88. The van der Waals surface area contributed by atoms with Gasteiger partial charge in [0.2, 0.25) is 0 Å². The maximum Gasteiger partial charge on any atom is 0.256 e. The number of ether oxygens (including phenoxy) is 1. The molecule has 5 nitrogen and oxygen atoms in total. The van der Waals surface area contributed by atoms with Crippen molar-refractivity contribution in [3.05, 3.63) is 58.1 Å². The van der Waals surface area contributed by atoms with Gasteiger partial charge in [-0.2, -0.15) is 0 Å². The Hall–Kier alpha value is -1.89. The Labute approximate surface area is 169 Å². The van der Waals surface area contributed by atoms with Crippen molar-refractivity contribution in [2.24, 2.45) is 0 Å². The number of hydrogen-bond acceptors (Lipinski definition) is 4. The molecule has 0 unspecified atom stereocenters. The van der Waals surface area contributed by atoms with Gasteiger partial charge in [0.05, 0.1) is 12.7 Å². The summed E-state index contributed by atoms with van der Waals surface area (Å²) in [6.07, 6.45) is 0. The molecule has 1 saturated heterocycles. The highest BCUT2D eigenvalue weighted by atomic mass is 79.9. The zero-order valence-corrected chi connectivity index (χ0v) is 17.5. The van der Waals surface area contributed by atoms with Crippen molar-refractivity contribution in [2.75, 3.05) is 45.2 Å². The number of amides is 1. The summed E-state index contributed by atoms with van der Waals surface area (Å²) in [5.74, 6) is 0.492. The minimum Gasteiger partial charge on any atom is -0.497 e. The minimum absolute atomic E-state index is 0.163. The number of carbonyl (C=O) groups is 1. The van der Waals surface area contributed by atoms with E-state index in [9.17, 15) is 4.79 Å². The molecule has 1 aliphatic heterocycles. The Balaban J connectivity index is 1.58. The molecule has 1 N–H and O–H groups in total.